The van der Waals surface area contributed by atoms with Crippen molar-refractivity contribution in [2.45, 2.75) is 26.3 Å². The predicted molar refractivity (Wildman–Crippen MR) is 72.6 cm³/mol. The summed E-state index contributed by atoms with van der Waals surface area (Å²) >= 11 is 0. The minimum atomic E-state index is -0.554. The third kappa shape index (κ3) is 10.3. The number of hydrogen-bond acceptors (Lipinski definition) is 4. The fraction of sp³-hybridized carbons (Fsp3) is 0.818. The van der Waals surface area contributed by atoms with E-state index in [9.17, 15) is 9.59 Å². The van der Waals surface area contributed by atoms with Crippen LogP contribution in [0.2, 0.25) is 0 Å². The second-order valence-electron chi connectivity index (χ2n) is 4.30. The van der Waals surface area contributed by atoms with E-state index in [0.29, 0.717) is 25.5 Å². The van der Waals surface area contributed by atoms with Crippen LogP contribution in [0.15, 0.2) is 0 Å². The van der Waals surface area contributed by atoms with Crippen LogP contribution < -0.4 is 16.4 Å². The smallest absolute Gasteiger partial charge is 0.239 e. The molecule has 0 aromatic heterocycles. The van der Waals surface area contributed by atoms with Crippen LogP contribution in [0.4, 0.5) is 0 Å². The Hall–Kier alpha value is -0.850. The van der Waals surface area contributed by atoms with Crippen LogP contribution in [0, 0.1) is 5.92 Å². The zero-order chi connectivity index (χ0) is 13.3. The van der Waals surface area contributed by atoms with Crippen molar-refractivity contribution in [2.24, 2.45) is 11.7 Å². The lowest BCUT2D eigenvalue weighted by Crippen LogP contribution is -2.45. The van der Waals surface area contributed by atoms with Crippen molar-refractivity contribution >= 4 is 24.2 Å². The molecule has 0 saturated carbocycles. The maximum atomic E-state index is 11.5. The Morgan fingerprint density at radius 1 is 1.28 bits per heavy atom. The van der Waals surface area contributed by atoms with E-state index in [-0.39, 0.29) is 30.8 Å². The molecule has 0 aliphatic heterocycles. The minimum Gasteiger partial charge on any atom is -0.383 e. The van der Waals surface area contributed by atoms with Gasteiger partial charge in [-0.2, -0.15) is 0 Å². The highest BCUT2D eigenvalue weighted by Gasteiger charge is 2.15. The lowest BCUT2D eigenvalue weighted by molar-refractivity contribution is -0.127. The normalized spacial score (nSPS) is 11.6. The zero-order valence-corrected chi connectivity index (χ0v) is 12.0. The Labute approximate surface area is 114 Å². The molecule has 0 spiro atoms. The molecule has 7 heteroatoms. The van der Waals surface area contributed by atoms with Gasteiger partial charge in [-0.25, -0.2) is 0 Å². The van der Waals surface area contributed by atoms with Crippen LogP contribution in [0.5, 0.6) is 0 Å². The number of carbonyl (C=O) groups excluding carboxylic acids is 2. The molecule has 0 aromatic carbocycles. The SMILES string of the molecule is COCCNC(=O)CNC(=O)[C@@H](N)CC(C)C.Cl. The first-order valence-corrected chi connectivity index (χ1v) is 5.76. The predicted octanol–water partition coefficient (Wildman–Crippen LogP) is -0.340. The fourth-order valence-corrected chi connectivity index (χ4v) is 1.27. The Morgan fingerprint density at radius 2 is 1.89 bits per heavy atom. The molecule has 18 heavy (non-hydrogen) atoms. The highest BCUT2D eigenvalue weighted by atomic mass is 35.5. The Morgan fingerprint density at radius 3 is 2.39 bits per heavy atom. The molecular formula is C11H24ClN3O3. The highest BCUT2D eigenvalue weighted by molar-refractivity contribution is 5.87. The standard InChI is InChI=1S/C11H23N3O3.ClH/c1-8(2)6-9(12)11(16)14-7-10(15)13-4-5-17-3;/h8-9H,4-7,12H2,1-3H3,(H,13,15)(H,14,16);1H/t9-;/m0./s1. The van der Waals surface area contributed by atoms with Gasteiger partial charge in [0.15, 0.2) is 0 Å². The molecule has 2 amide bonds. The number of methoxy groups -OCH3 is 1. The molecule has 0 aromatic rings. The van der Waals surface area contributed by atoms with Crippen molar-refractivity contribution < 1.29 is 14.3 Å². The fourth-order valence-electron chi connectivity index (χ4n) is 1.27. The molecule has 6 nitrogen and oxygen atoms in total. The summed E-state index contributed by atoms with van der Waals surface area (Å²) < 4.78 is 4.78. The van der Waals surface area contributed by atoms with Gasteiger partial charge in [0.05, 0.1) is 19.2 Å². The van der Waals surface area contributed by atoms with Gasteiger partial charge in [0.2, 0.25) is 11.8 Å². The Balaban J connectivity index is 0. The maximum absolute atomic E-state index is 11.5. The van der Waals surface area contributed by atoms with E-state index < -0.39 is 6.04 Å². The number of hydrogen-bond donors (Lipinski definition) is 3. The van der Waals surface area contributed by atoms with Crippen LogP contribution in [-0.2, 0) is 14.3 Å². The van der Waals surface area contributed by atoms with E-state index in [4.69, 9.17) is 10.5 Å². The van der Waals surface area contributed by atoms with Crippen molar-refractivity contribution in [3.8, 4) is 0 Å². The van der Waals surface area contributed by atoms with E-state index in [0.717, 1.165) is 0 Å². The summed E-state index contributed by atoms with van der Waals surface area (Å²) in [5, 5.41) is 5.10. The van der Waals surface area contributed by atoms with E-state index in [2.05, 4.69) is 10.6 Å². The van der Waals surface area contributed by atoms with E-state index >= 15 is 0 Å². The second kappa shape index (κ2) is 11.3. The lowest BCUT2D eigenvalue weighted by Gasteiger charge is -2.13. The van der Waals surface area contributed by atoms with Gasteiger partial charge in [-0.1, -0.05) is 13.8 Å². The molecule has 0 saturated heterocycles. The lowest BCUT2D eigenvalue weighted by atomic mass is 10.0. The molecule has 0 bridgehead atoms. The first-order chi connectivity index (χ1) is 7.97. The summed E-state index contributed by atoms with van der Waals surface area (Å²) in [7, 11) is 1.55. The Bertz CT molecular complexity index is 250. The van der Waals surface area contributed by atoms with Crippen LogP contribution in [0.1, 0.15) is 20.3 Å². The van der Waals surface area contributed by atoms with Crippen LogP contribution in [0.3, 0.4) is 0 Å². The summed E-state index contributed by atoms with van der Waals surface area (Å²) in [5.41, 5.74) is 5.66. The molecule has 0 radical (unpaired) electrons. The number of amides is 2. The number of carbonyl (C=O) groups is 2. The highest BCUT2D eigenvalue weighted by Crippen LogP contribution is 2.01. The maximum Gasteiger partial charge on any atom is 0.239 e. The summed E-state index contributed by atoms with van der Waals surface area (Å²) in [6.07, 6.45) is 0.608. The Kier molecular flexibility index (Phi) is 12.2. The summed E-state index contributed by atoms with van der Waals surface area (Å²) in [6, 6.07) is -0.554. The average Bonchev–Trinajstić information content (AvgIpc) is 2.25. The van der Waals surface area contributed by atoms with Crippen molar-refractivity contribution in [3.63, 3.8) is 0 Å². The topological polar surface area (TPSA) is 93.5 Å². The molecule has 0 aliphatic carbocycles. The molecule has 1 atom stereocenters. The minimum absolute atomic E-state index is 0. The van der Waals surface area contributed by atoms with Gasteiger partial charge < -0.3 is 21.1 Å². The number of rotatable bonds is 8. The molecule has 0 fully saturated rings. The first-order valence-electron chi connectivity index (χ1n) is 5.76. The summed E-state index contributed by atoms with van der Waals surface area (Å²) in [5.74, 6) is -0.181. The summed E-state index contributed by atoms with van der Waals surface area (Å²) in [6.45, 7) is 4.82. The van der Waals surface area contributed by atoms with Gasteiger partial charge in [0, 0.05) is 13.7 Å². The quantitative estimate of drug-likeness (QED) is 0.531. The largest absolute Gasteiger partial charge is 0.383 e. The molecule has 0 aliphatic rings. The van der Waals surface area contributed by atoms with E-state index in [1.165, 1.54) is 0 Å². The molecule has 4 N–H and O–H groups in total. The van der Waals surface area contributed by atoms with Crippen LogP contribution in [-0.4, -0.2) is 44.7 Å². The second-order valence-corrected chi connectivity index (χ2v) is 4.30. The molecule has 0 rings (SSSR count). The van der Waals surface area contributed by atoms with Crippen molar-refractivity contribution in [1.82, 2.24) is 10.6 Å². The number of ether oxygens (including phenoxy) is 1. The van der Waals surface area contributed by atoms with Gasteiger partial charge in [0.25, 0.3) is 0 Å². The van der Waals surface area contributed by atoms with Crippen molar-refractivity contribution in [1.29, 1.82) is 0 Å². The molecule has 0 heterocycles. The van der Waals surface area contributed by atoms with Gasteiger partial charge >= 0.3 is 0 Å². The van der Waals surface area contributed by atoms with Gasteiger partial charge in [-0.15, -0.1) is 12.4 Å². The third-order valence-electron chi connectivity index (χ3n) is 2.11. The molecule has 108 valence electrons. The van der Waals surface area contributed by atoms with Crippen molar-refractivity contribution in [2.75, 3.05) is 26.8 Å². The molecular weight excluding hydrogens is 258 g/mol. The van der Waals surface area contributed by atoms with Gasteiger partial charge in [-0.3, -0.25) is 9.59 Å². The van der Waals surface area contributed by atoms with Crippen molar-refractivity contribution in [3.05, 3.63) is 0 Å². The third-order valence-corrected chi connectivity index (χ3v) is 2.11. The number of nitrogens with two attached hydrogens (primary N) is 1. The zero-order valence-electron chi connectivity index (χ0n) is 11.2. The van der Waals surface area contributed by atoms with E-state index in [1.54, 1.807) is 7.11 Å². The van der Waals surface area contributed by atoms with Crippen LogP contribution in [0.25, 0.3) is 0 Å². The monoisotopic (exact) mass is 281 g/mol. The number of halogens is 1. The van der Waals surface area contributed by atoms with Gasteiger partial charge in [0.1, 0.15) is 0 Å². The molecule has 0 unspecified atom stereocenters. The number of nitrogens with one attached hydrogen (secondary N) is 2. The average molecular weight is 282 g/mol. The van der Waals surface area contributed by atoms with E-state index in [1.807, 2.05) is 13.8 Å². The van der Waals surface area contributed by atoms with Crippen LogP contribution >= 0.6 is 12.4 Å². The first kappa shape index (κ1) is 19.5. The van der Waals surface area contributed by atoms with Gasteiger partial charge in [-0.05, 0) is 12.3 Å². The summed E-state index contributed by atoms with van der Waals surface area (Å²) in [4.78, 5) is 22.7.